The SMILES string of the molecule is Cc1cccc(-c2nc3c(s2)CN(CCCCN)CC3)c1. The molecule has 3 rings (SSSR count). The molecule has 1 aliphatic heterocycles. The van der Waals surface area contributed by atoms with Gasteiger partial charge < -0.3 is 5.73 Å². The van der Waals surface area contributed by atoms with Crippen LogP contribution in [-0.2, 0) is 13.0 Å². The second-order valence-electron chi connectivity index (χ2n) is 5.78. The molecule has 0 atom stereocenters. The third kappa shape index (κ3) is 3.51. The van der Waals surface area contributed by atoms with E-state index in [2.05, 4.69) is 36.1 Å². The third-order valence-corrected chi connectivity index (χ3v) is 5.14. The van der Waals surface area contributed by atoms with Crippen LogP contribution in [0.5, 0.6) is 0 Å². The summed E-state index contributed by atoms with van der Waals surface area (Å²) in [5, 5.41) is 1.17. The van der Waals surface area contributed by atoms with Gasteiger partial charge >= 0.3 is 0 Å². The summed E-state index contributed by atoms with van der Waals surface area (Å²) in [5.41, 5.74) is 9.44. The van der Waals surface area contributed by atoms with Crippen LogP contribution in [0.15, 0.2) is 24.3 Å². The van der Waals surface area contributed by atoms with Crippen LogP contribution in [-0.4, -0.2) is 29.5 Å². The van der Waals surface area contributed by atoms with Gasteiger partial charge in [0.2, 0.25) is 0 Å². The molecule has 3 nitrogen and oxygen atoms in total. The molecule has 0 bridgehead atoms. The smallest absolute Gasteiger partial charge is 0.123 e. The fourth-order valence-corrected chi connectivity index (χ4v) is 3.97. The van der Waals surface area contributed by atoms with E-state index in [4.69, 9.17) is 10.7 Å². The number of unbranched alkanes of at least 4 members (excludes halogenated alkanes) is 1. The number of nitrogens with zero attached hydrogens (tertiary/aromatic N) is 2. The van der Waals surface area contributed by atoms with E-state index in [9.17, 15) is 0 Å². The molecule has 2 N–H and O–H groups in total. The summed E-state index contributed by atoms with van der Waals surface area (Å²) in [7, 11) is 0. The van der Waals surface area contributed by atoms with Crippen molar-refractivity contribution in [1.29, 1.82) is 0 Å². The Morgan fingerprint density at radius 3 is 3.05 bits per heavy atom. The zero-order chi connectivity index (χ0) is 14.7. The number of rotatable bonds is 5. The molecular weight excluding hydrogens is 278 g/mol. The second-order valence-corrected chi connectivity index (χ2v) is 6.86. The Morgan fingerprint density at radius 2 is 2.24 bits per heavy atom. The van der Waals surface area contributed by atoms with Crippen molar-refractivity contribution in [1.82, 2.24) is 9.88 Å². The lowest BCUT2D eigenvalue weighted by Gasteiger charge is -2.25. The van der Waals surface area contributed by atoms with Crippen LogP contribution in [0.1, 0.15) is 29.0 Å². The highest BCUT2D eigenvalue weighted by Crippen LogP contribution is 2.32. The molecule has 1 aliphatic rings. The van der Waals surface area contributed by atoms with E-state index in [-0.39, 0.29) is 0 Å². The minimum atomic E-state index is 0.803. The number of benzene rings is 1. The van der Waals surface area contributed by atoms with Crippen molar-refractivity contribution >= 4 is 11.3 Å². The molecule has 0 saturated carbocycles. The lowest BCUT2D eigenvalue weighted by molar-refractivity contribution is 0.251. The van der Waals surface area contributed by atoms with Crippen molar-refractivity contribution in [3.63, 3.8) is 0 Å². The topological polar surface area (TPSA) is 42.2 Å². The van der Waals surface area contributed by atoms with Crippen LogP contribution in [0.25, 0.3) is 10.6 Å². The lowest BCUT2D eigenvalue weighted by atomic mass is 10.1. The standard InChI is InChI=1S/C17H23N3S/c1-13-5-4-6-14(11-13)17-19-15-7-10-20(9-3-2-8-18)12-16(15)21-17/h4-6,11H,2-3,7-10,12,18H2,1H3. The van der Waals surface area contributed by atoms with Gasteiger partial charge in [-0.15, -0.1) is 11.3 Å². The first kappa shape index (κ1) is 14.7. The Hall–Kier alpha value is -1.23. The molecule has 1 aromatic carbocycles. The van der Waals surface area contributed by atoms with Crippen LogP contribution in [0.2, 0.25) is 0 Å². The molecule has 0 unspecified atom stereocenters. The number of fused-ring (bicyclic) bond motifs is 1. The van der Waals surface area contributed by atoms with E-state index >= 15 is 0 Å². The maximum atomic E-state index is 5.57. The first-order valence-electron chi connectivity index (χ1n) is 7.74. The van der Waals surface area contributed by atoms with E-state index in [0.717, 1.165) is 39.0 Å². The Balaban J connectivity index is 1.72. The van der Waals surface area contributed by atoms with E-state index in [1.807, 2.05) is 11.3 Å². The Bertz CT molecular complexity index is 606. The molecule has 4 heteroatoms. The van der Waals surface area contributed by atoms with Crippen molar-refractivity contribution < 1.29 is 0 Å². The van der Waals surface area contributed by atoms with Crippen LogP contribution < -0.4 is 5.73 Å². The first-order chi connectivity index (χ1) is 10.3. The van der Waals surface area contributed by atoms with Crippen molar-refractivity contribution in [3.05, 3.63) is 40.4 Å². The van der Waals surface area contributed by atoms with Crippen molar-refractivity contribution in [3.8, 4) is 10.6 Å². The van der Waals surface area contributed by atoms with E-state index in [0.29, 0.717) is 0 Å². The van der Waals surface area contributed by atoms with Gasteiger partial charge in [-0.3, -0.25) is 4.90 Å². The molecule has 2 heterocycles. The zero-order valence-corrected chi connectivity index (χ0v) is 13.5. The average molecular weight is 301 g/mol. The van der Waals surface area contributed by atoms with Gasteiger partial charge in [-0.25, -0.2) is 4.98 Å². The van der Waals surface area contributed by atoms with Crippen LogP contribution in [0.3, 0.4) is 0 Å². The lowest BCUT2D eigenvalue weighted by Crippen LogP contribution is -2.31. The molecule has 112 valence electrons. The van der Waals surface area contributed by atoms with Gasteiger partial charge in [0, 0.05) is 30.0 Å². The molecular formula is C17H23N3S. The average Bonchev–Trinajstić information content (AvgIpc) is 2.91. The molecule has 0 aliphatic carbocycles. The predicted molar refractivity (Wildman–Crippen MR) is 89.6 cm³/mol. The summed E-state index contributed by atoms with van der Waals surface area (Å²) in [6.07, 6.45) is 3.41. The predicted octanol–water partition coefficient (Wildman–Crippen LogP) is 3.22. The summed E-state index contributed by atoms with van der Waals surface area (Å²) < 4.78 is 0. The van der Waals surface area contributed by atoms with Gasteiger partial charge in [0.15, 0.2) is 0 Å². The van der Waals surface area contributed by atoms with Crippen molar-refractivity contribution in [2.75, 3.05) is 19.6 Å². The van der Waals surface area contributed by atoms with Crippen LogP contribution in [0, 0.1) is 6.92 Å². The summed E-state index contributed by atoms with van der Waals surface area (Å²) in [6, 6.07) is 8.64. The van der Waals surface area contributed by atoms with Crippen LogP contribution >= 0.6 is 11.3 Å². The van der Waals surface area contributed by atoms with Gasteiger partial charge in [-0.1, -0.05) is 23.8 Å². The van der Waals surface area contributed by atoms with Crippen molar-refractivity contribution in [2.45, 2.75) is 32.7 Å². The molecule has 0 saturated heterocycles. The number of thiazole rings is 1. The monoisotopic (exact) mass is 301 g/mol. The van der Waals surface area contributed by atoms with Gasteiger partial charge in [0.05, 0.1) is 5.69 Å². The fraction of sp³-hybridized carbons (Fsp3) is 0.471. The van der Waals surface area contributed by atoms with Gasteiger partial charge in [0.25, 0.3) is 0 Å². The summed E-state index contributed by atoms with van der Waals surface area (Å²) >= 11 is 1.86. The third-order valence-electron chi connectivity index (χ3n) is 4.00. The van der Waals surface area contributed by atoms with Gasteiger partial charge in [-0.05, 0) is 38.9 Å². The van der Waals surface area contributed by atoms with Crippen LogP contribution in [0.4, 0.5) is 0 Å². The molecule has 1 aromatic heterocycles. The Kier molecular flexibility index (Phi) is 4.68. The number of hydrogen-bond donors (Lipinski definition) is 1. The quantitative estimate of drug-likeness (QED) is 0.862. The van der Waals surface area contributed by atoms with Gasteiger partial charge in [0.1, 0.15) is 5.01 Å². The summed E-state index contributed by atoms with van der Waals surface area (Å²) in [6.45, 7) is 6.29. The zero-order valence-electron chi connectivity index (χ0n) is 12.6. The Labute approximate surface area is 130 Å². The molecule has 0 spiro atoms. The number of nitrogens with two attached hydrogens (primary N) is 1. The molecule has 0 fully saturated rings. The largest absolute Gasteiger partial charge is 0.330 e. The summed E-state index contributed by atoms with van der Waals surface area (Å²) in [4.78, 5) is 8.85. The molecule has 2 aromatic rings. The maximum Gasteiger partial charge on any atom is 0.123 e. The van der Waals surface area contributed by atoms with E-state index in [1.54, 1.807) is 0 Å². The molecule has 21 heavy (non-hydrogen) atoms. The fourth-order valence-electron chi connectivity index (χ4n) is 2.82. The second kappa shape index (κ2) is 6.69. The van der Waals surface area contributed by atoms with E-state index < -0.39 is 0 Å². The highest BCUT2D eigenvalue weighted by Gasteiger charge is 2.20. The minimum absolute atomic E-state index is 0.803. The highest BCUT2D eigenvalue weighted by atomic mass is 32.1. The highest BCUT2D eigenvalue weighted by molar-refractivity contribution is 7.15. The Morgan fingerprint density at radius 1 is 1.33 bits per heavy atom. The minimum Gasteiger partial charge on any atom is -0.330 e. The normalized spacial score (nSPS) is 15.1. The molecule has 0 amide bonds. The summed E-state index contributed by atoms with van der Waals surface area (Å²) in [5.74, 6) is 0. The molecule has 0 radical (unpaired) electrons. The van der Waals surface area contributed by atoms with Gasteiger partial charge in [-0.2, -0.15) is 0 Å². The number of aryl methyl sites for hydroxylation is 1. The number of aromatic nitrogens is 1. The number of hydrogen-bond acceptors (Lipinski definition) is 4. The first-order valence-corrected chi connectivity index (χ1v) is 8.56. The maximum absolute atomic E-state index is 5.57. The van der Waals surface area contributed by atoms with E-state index in [1.165, 1.54) is 33.1 Å². The van der Waals surface area contributed by atoms with Crippen molar-refractivity contribution in [2.24, 2.45) is 5.73 Å².